The van der Waals surface area contributed by atoms with Gasteiger partial charge in [0.1, 0.15) is 5.75 Å². The fourth-order valence-electron chi connectivity index (χ4n) is 2.01. The molecular formula is C19H18N2O2S. The van der Waals surface area contributed by atoms with E-state index in [1.165, 1.54) is 11.3 Å². The van der Waals surface area contributed by atoms with E-state index in [4.69, 9.17) is 5.84 Å². The first kappa shape index (κ1) is 17.4. The maximum atomic E-state index is 10.5. The summed E-state index contributed by atoms with van der Waals surface area (Å²) < 4.78 is 0. The number of hydrogen-bond donors (Lipinski definition) is 2. The molecule has 24 heavy (non-hydrogen) atoms. The Morgan fingerprint density at radius 3 is 2.04 bits per heavy atom. The molecule has 1 aromatic heterocycles. The van der Waals surface area contributed by atoms with Crippen LogP contribution >= 0.6 is 11.3 Å². The Kier molecular flexibility index (Phi) is 6.28. The van der Waals surface area contributed by atoms with Crippen LogP contribution in [0.15, 0.2) is 77.2 Å². The lowest BCUT2D eigenvalue weighted by Crippen LogP contribution is -2.05. The van der Waals surface area contributed by atoms with Gasteiger partial charge < -0.3 is 10.9 Å². The highest BCUT2D eigenvalue weighted by molar-refractivity contribution is 7.12. The average Bonchev–Trinajstić information content (AvgIpc) is 3.14. The van der Waals surface area contributed by atoms with Crippen molar-refractivity contribution >= 4 is 22.8 Å². The summed E-state index contributed by atoms with van der Waals surface area (Å²) >= 11 is 1.48. The first-order valence-corrected chi connectivity index (χ1v) is 8.17. The van der Waals surface area contributed by atoms with Gasteiger partial charge in [-0.1, -0.05) is 36.4 Å². The van der Waals surface area contributed by atoms with Crippen molar-refractivity contribution in [2.24, 2.45) is 10.9 Å². The Morgan fingerprint density at radius 2 is 1.58 bits per heavy atom. The normalized spacial score (nSPS) is 10.6. The van der Waals surface area contributed by atoms with Gasteiger partial charge in [-0.15, -0.1) is 11.3 Å². The number of carbonyl (C=O) groups is 1. The van der Waals surface area contributed by atoms with Gasteiger partial charge in [0.05, 0.1) is 10.6 Å². The number of nitrogens with two attached hydrogens (primary N) is 1. The predicted molar refractivity (Wildman–Crippen MR) is 98.7 cm³/mol. The second-order valence-corrected chi connectivity index (χ2v) is 5.87. The molecule has 3 rings (SSSR count). The molecule has 1 heterocycles. The third-order valence-electron chi connectivity index (χ3n) is 3.19. The van der Waals surface area contributed by atoms with Crippen LogP contribution in [0, 0.1) is 0 Å². The van der Waals surface area contributed by atoms with Crippen molar-refractivity contribution in [2.75, 3.05) is 0 Å². The molecule has 0 spiro atoms. The largest absolute Gasteiger partial charge is 0.508 e. The van der Waals surface area contributed by atoms with Gasteiger partial charge in [0.25, 0.3) is 0 Å². The minimum atomic E-state index is 0.153. The van der Waals surface area contributed by atoms with E-state index in [-0.39, 0.29) is 11.5 Å². The van der Waals surface area contributed by atoms with Gasteiger partial charge in [-0.05, 0) is 42.6 Å². The Bertz CT molecular complexity index is 795. The molecule has 2 aromatic carbocycles. The molecule has 4 nitrogen and oxygen atoms in total. The Balaban J connectivity index is 0.000000219. The average molecular weight is 338 g/mol. The number of Topliss-reactive ketones (excluding diaryl/α,β-unsaturated/α-hetero) is 1. The number of rotatable bonds is 3. The number of phenols is 1. The van der Waals surface area contributed by atoms with E-state index in [0.29, 0.717) is 5.71 Å². The Labute approximate surface area is 144 Å². The lowest BCUT2D eigenvalue weighted by molar-refractivity contribution is 0.102. The number of ketones is 1. The van der Waals surface area contributed by atoms with E-state index in [1.54, 1.807) is 31.2 Å². The highest BCUT2D eigenvalue weighted by Crippen LogP contribution is 2.14. The summed E-state index contributed by atoms with van der Waals surface area (Å²) in [5.41, 5.74) is 2.54. The molecule has 0 unspecified atom stereocenters. The Morgan fingerprint density at radius 1 is 0.958 bits per heavy atom. The van der Waals surface area contributed by atoms with E-state index in [9.17, 15) is 9.90 Å². The zero-order valence-electron chi connectivity index (χ0n) is 13.2. The second kappa shape index (κ2) is 8.64. The molecule has 0 fully saturated rings. The SMILES string of the molecule is CC(=O)c1cccs1.NN=C(c1ccccc1)c1ccc(O)cc1. The smallest absolute Gasteiger partial charge is 0.169 e. The van der Waals surface area contributed by atoms with Gasteiger partial charge in [-0.2, -0.15) is 5.10 Å². The maximum absolute atomic E-state index is 10.5. The number of phenolic OH excluding ortho intramolecular Hbond substituents is 1. The monoisotopic (exact) mass is 338 g/mol. The van der Waals surface area contributed by atoms with Gasteiger partial charge in [-0.3, -0.25) is 4.79 Å². The first-order valence-electron chi connectivity index (χ1n) is 7.29. The van der Waals surface area contributed by atoms with Crippen LogP contribution in [0.1, 0.15) is 27.7 Å². The van der Waals surface area contributed by atoms with Gasteiger partial charge in [-0.25, -0.2) is 0 Å². The molecule has 0 saturated heterocycles. The topological polar surface area (TPSA) is 75.7 Å². The molecule has 0 aliphatic rings. The number of benzene rings is 2. The molecule has 0 atom stereocenters. The summed E-state index contributed by atoms with van der Waals surface area (Å²) in [5, 5.41) is 14.9. The summed E-state index contributed by atoms with van der Waals surface area (Å²) in [6.45, 7) is 1.58. The molecule has 3 aromatic rings. The second-order valence-electron chi connectivity index (χ2n) is 4.92. The molecule has 0 bridgehead atoms. The van der Waals surface area contributed by atoms with Crippen LogP contribution in [0.25, 0.3) is 0 Å². The van der Waals surface area contributed by atoms with Crippen LogP contribution in [0.2, 0.25) is 0 Å². The minimum absolute atomic E-state index is 0.153. The summed E-state index contributed by atoms with van der Waals surface area (Å²) in [7, 11) is 0. The third kappa shape index (κ3) is 4.79. The minimum Gasteiger partial charge on any atom is -0.508 e. The number of hydrogen-bond acceptors (Lipinski definition) is 5. The molecule has 0 aliphatic carbocycles. The highest BCUT2D eigenvalue weighted by atomic mass is 32.1. The van der Waals surface area contributed by atoms with Crippen molar-refractivity contribution in [2.45, 2.75) is 6.92 Å². The molecule has 3 N–H and O–H groups in total. The molecule has 0 radical (unpaired) electrons. The summed E-state index contributed by atoms with van der Waals surface area (Å²) in [6.07, 6.45) is 0. The molecular weight excluding hydrogens is 320 g/mol. The van der Waals surface area contributed by atoms with Crippen LogP contribution in [0.4, 0.5) is 0 Å². The molecule has 122 valence electrons. The van der Waals surface area contributed by atoms with Crippen LogP contribution in [0.3, 0.4) is 0 Å². The standard InChI is InChI=1S/C13H12N2O.C6H6OS/c14-15-13(10-4-2-1-3-5-10)11-6-8-12(16)9-7-11;1-5(7)6-3-2-4-8-6/h1-9,16H,14H2;2-4H,1H3. The number of thiophene rings is 1. The van der Waals surface area contributed by atoms with E-state index >= 15 is 0 Å². The van der Waals surface area contributed by atoms with E-state index in [1.807, 2.05) is 47.8 Å². The first-order chi connectivity index (χ1) is 11.6. The van der Waals surface area contributed by atoms with Crippen LogP contribution < -0.4 is 5.84 Å². The van der Waals surface area contributed by atoms with Crippen molar-refractivity contribution in [1.29, 1.82) is 0 Å². The van der Waals surface area contributed by atoms with Gasteiger partial charge in [0.15, 0.2) is 5.78 Å². The number of hydrazone groups is 1. The van der Waals surface area contributed by atoms with Gasteiger partial charge in [0, 0.05) is 11.1 Å². The van der Waals surface area contributed by atoms with Gasteiger partial charge >= 0.3 is 0 Å². The summed E-state index contributed by atoms with van der Waals surface area (Å²) in [5.74, 6) is 5.78. The van der Waals surface area contributed by atoms with Crippen molar-refractivity contribution in [3.05, 3.63) is 88.1 Å². The third-order valence-corrected chi connectivity index (χ3v) is 4.16. The number of carbonyl (C=O) groups excluding carboxylic acids is 1. The molecule has 0 amide bonds. The Hall–Kier alpha value is -2.92. The molecule has 0 saturated carbocycles. The van der Waals surface area contributed by atoms with Crippen LogP contribution in [-0.4, -0.2) is 16.6 Å². The van der Waals surface area contributed by atoms with Crippen molar-refractivity contribution in [3.8, 4) is 5.75 Å². The van der Waals surface area contributed by atoms with Crippen molar-refractivity contribution in [3.63, 3.8) is 0 Å². The van der Waals surface area contributed by atoms with Gasteiger partial charge in [0.2, 0.25) is 0 Å². The fraction of sp³-hybridized carbons (Fsp3) is 0.0526. The van der Waals surface area contributed by atoms with E-state index in [2.05, 4.69) is 5.10 Å². The van der Waals surface area contributed by atoms with Crippen LogP contribution in [-0.2, 0) is 0 Å². The molecule has 0 aliphatic heterocycles. The molecule has 5 heteroatoms. The highest BCUT2D eigenvalue weighted by Gasteiger charge is 2.05. The van der Waals surface area contributed by atoms with Crippen molar-refractivity contribution in [1.82, 2.24) is 0 Å². The summed E-state index contributed by atoms with van der Waals surface area (Å²) in [6, 6.07) is 20.2. The van der Waals surface area contributed by atoms with E-state index in [0.717, 1.165) is 16.0 Å². The zero-order chi connectivity index (χ0) is 17.4. The lowest BCUT2D eigenvalue weighted by Gasteiger charge is -2.05. The number of aromatic hydroxyl groups is 1. The van der Waals surface area contributed by atoms with E-state index < -0.39 is 0 Å². The zero-order valence-corrected chi connectivity index (χ0v) is 14.0. The van der Waals surface area contributed by atoms with Crippen molar-refractivity contribution < 1.29 is 9.90 Å². The quantitative estimate of drug-likeness (QED) is 0.327. The lowest BCUT2D eigenvalue weighted by atomic mass is 10.0. The van der Waals surface area contributed by atoms with Crippen LogP contribution in [0.5, 0.6) is 5.75 Å². The fourth-order valence-corrected chi connectivity index (χ4v) is 2.64. The predicted octanol–water partition coefficient (Wildman–Crippen LogP) is 4.05. The number of nitrogens with zero attached hydrogens (tertiary/aromatic N) is 1. The summed E-state index contributed by atoms with van der Waals surface area (Å²) in [4.78, 5) is 11.4. The maximum Gasteiger partial charge on any atom is 0.169 e.